The molecule has 1 aromatic carbocycles. The first kappa shape index (κ1) is 13.1. The predicted octanol–water partition coefficient (Wildman–Crippen LogP) is 0.182. The van der Waals surface area contributed by atoms with Gasteiger partial charge in [-0.05, 0) is 22.0 Å². The molecule has 20 heavy (non-hydrogen) atoms. The number of nitrogens with one attached hydrogen (secondary N) is 2. The molecule has 0 aliphatic carbocycles. The molecule has 2 aromatic rings. The first-order valence-corrected chi connectivity index (χ1v) is 5.26. The number of aromatic amines is 1. The van der Waals surface area contributed by atoms with Gasteiger partial charge in [0.25, 0.3) is 0 Å². The molecule has 2 rings (SSSR count). The molecule has 0 fully saturated rings. The van der Waals surface area contributed by atoms with E-state index in [2.05, 4.69) is 20.6 Å². The second-order valence-electron chi connectivity index (χ2n) is 3.50. The second-order valence-corrected chi connectivity index (χ2v) is 3.50. The number of rotatable bonds is 4. The predicted molar refractivity (Wildman–Crippen MR) is 66.2 cm³/mol. The highest BCUT2D eigenvalue weighted by Gasteiger charge is 2.20. The van der Waals surface area contributed by atoms with E-state index in [1.807, 2.05) is 5.10 Å². The summed E-state index contributed by atoms with van der Waals surface area (Å²) in [6.07, 6.45) is 1.22. The molecule has 10 nitrogen and oxygen atoms in total. The van der Waals surface area contributed by atoms with Gasteiger partial charge in [-0.3, -0.25) is 4.79 Å². The number of carbonyl (C=O) groups excluding carboxylic acids is 1. The Hall–Kier alpha value is -3.30. The maximum Gasteiger partial charge on any atom is 0.454 e. The molecule has 1 heterocycles. The summed E-state index contributed by atoms with van der Waals surface area (Å²) < 4.78 is 0. The highest BCUT2D eigenvalue weighted by Crippen LogP contribution is 2.12. The quantitative estimate of drug-likeness (QED) is 0.412. The van der Waals surface area contributed by atoms with Crippen LogP contribution >= 0.6 is 0 Å². The van der Waals surface area contributed by atoms with Crippen LogP contribution in [0.25, 0.3) is 0 Å². The maximum atomic E-state index is 11.5. The average molecular weight is 276 g/mol. The van der Waals surface area contributed by atoms with Crippen LogP contribution in [0.15, 0.2) is 29.4 Å². The van der Waals surface area contributed by atoms with Gasteiger partial charge in [-0.15, -0.1) is 5.10 Å². The van der Waals surface area contributed by atoms with Crippen molar-refractivity contribution in [3.63, 3.8) is 0 Å². The summed E-state index contributed by atoms with van der Waals surface area (Å²) in [4.78, 5) is 24.4. The van der Waals surface area contributed by atoms with Crippen LogP contribution in [0.2, 0.25) is 0 Å². The van der Waals surface area contributed by atoms with Gasteiger partial charge in [0.1, 0.15) is 5.75 Å². The highest BCUT2D eigenvalue weighted by molar-refractivity contribution is 5.91. The second kappa shape index (κ2) is 5.56. The van der Waals surface area contributed by atoms with Crippen LogP contribution in [0.3, 0.4) is 0 Å². The molecular formula is C10H8N6O4. The Morgan fingerprint density at radius 2 is 2.25 bits per heavy atom. The lowest BCUT2D eigenvalue weighted by molar-refractivity contribution is -0.394. The maximum absolute atomic E-state index is 11.5. The number of aromatic nitrogens is 3. The lowest BCUT2D eigenvalue weighted by Crippen LogP contribution is -2.19. The van der Waals surface area contributed by atoms with E-state index in [0.717, 1.165) is 0 Å². The first-order chi connectivity index (χ1) is 9.58. The topological polar surface area (TPSA) is 146 Å². The van der Waals surface area contributed by atoms with Crippen LogP contribution in [0.4, 0.5) is 5.95 Å². The number of H-pyrrole nitrogens is 1. The normalized spacial score (nSPS) is 10.6. The standard InChI is InChI=1S/C10H8N6O4/c17-7-4-2-1-3-6(7)5-11-14-9(18)8-12-10(15-13-8)16(19)20/h1-5,17H,(H,14,18)(H,12,13,15). The highest BCUT2D eigenvalue weighted by atomic mass is 16.6. The van der Waals surface area contributed by atoms with Gasteiger partial charge in [0.2, 0.25) is 0 Å². The van der Waals surface area contributed by atoms with Gasteiger partial charge in [-0.1, -0.05) is 17.2 Å². The average Bonchev–Trinajstić information content (AvgIpc) is 2.91. The van der Waals surface area contributed by atoms with Gasteiger partial charge in [0.05, 0.1) is 6.21 Å². The van der Waals surface area contributed by atoms with Crippen LogP contribution in [-0.4, -0.2) is 37.3 Å². The van der Waals surface area contributed by atoms with E-state index in [0.29, 0.717) is 5.56 Å². The SMILES string of the molecule is O=C(NN=Cc1ccccc1O)c1n[nH]c([N+](=O)[O-])n1. The Labute approximate surface area is 111 Å². The number of hydrazone groups is 1. The summed E-state index contributed by atoms with van der Waals surface area (Å²) in [5, 5.41) is 28.7. The number of hydrogen-bond acceptors (Lipinski definition) is 7. The number of nitrogens with zero attached hydrogens (tertiary/aromatic N) is 4. The fourth-order valence-corrected chi connectivity index (χ4v) is 1.24. The van der Waals surface area contributed by atoms with Crippen LogP contribution < -0.4 is 5.43 Å². The van der Waals surface area contributed by atoms with Crippen molar-refractivity contribution in [1.29, 1.82) is 0 Å². The Morgan fingerprint density at radius 3 is 2.90 bits per heavy atom. The van der Waals surface area contributed by atoms with Gasteiger partial charge < -0.3 is 15.2 Å². The molecule has 0 radical (unpaired) electrons. The smallest absolute Gasteiger partial charge is 0.454 e. The fourth-order valence-electron chi connectivity index (χ4n) is 1.24. The van der Waals surface area contributed by atoms with Gasteiger partial charge in [0.15, 0.2) is 0 Å². The van der Waals surface area contributed by atoms with E-state index in [1.165, 1.54) is 12.3 Å². The minimum Gasteiger partial charge on any atom is -0.507 e. The van der Waals surface area contributed by atoms with Crippen molar-refractivity contribution in [1.82, 2.24) is 20.6 Å². The van der Waals surface area contributed by atoms with E-state index in [1.54, 1.807) is 18.2 Å². The summed E-state index contributed by atoms with van der Waals surface area (Å²) in [6, 6.07) is 6.37. The number of phenols is 1. The van der Waals surface area contributed by atoms with Gasteiger partial charge >= 0.3 is 17.7 Å². The fraction of sp³-hybridized carbons (Fsp3) is 0. The van der Waals surface area contributed by atoms with Crippen LogP contribution in [0.1, 0.15) is 16.2 Å². The van der Waals surface area contributed by atoms with Crippen molar-refractivity contribution in [3.05, 3.63) is 45.8 Å². The molecule has 10 heteroatoms. The van der Waals surface area contributed by atoms with E-state index in [4.69, 9.17) is 0 Å². The number of amides is 1. The van der Waals surface area contributed by atoms with E-state index < -0.39 is 22.6 Å². The summed E-state index contributed by atoms with van der Waals surface area (Å²) in [6.45, 7) is 0. The first-order valence-electron chi connectivity index (χ1n) is 5.26. The Morgan fingerprint density at radius 1 is 1.50 bits per heavy atom. The zero-order valence-corrected chi connectivity index (χ0v) is 9.85. The Balaban J connectivity index is 2.01. The van der Waals surface area contributed by atoms with E-state index >= 15 is 0 Å². The van der Waals surface area contributed by atoms with E-state index in [9.17, 15) is 20.0 Å². The molecule has 1 amide bonds. The van der Waals surface area contributed by atoms with Crippen molar-refractivity contribution >= 4 is 18.1 Å². The van der Waals surface area contributed by atoms with Gasteiger partial charge in [-0.25, -0.2) is 5.43 Å². The van der Waals surface area contributed by atoms with Crippen molar-refractivity contribution in [2.45, 2.75) is 0 Å². The number of carbonyl (C=O) groups is 1. The lowest BCUT2D eigenvalue weighted by atomic mass is 10.2. The number of para-hydroxylation sites is 1. The lowest BCUT2D eigenvalue weighted by Gasteiger charge is -1.96. The molecule has 0 aliphatic heterocycles. The van der Waals surface area contributed by atoms with Crippen LogP contribution in [-0.2, 0) is 0 Å². The third kappa shape index (κ3) is 2.93. The zero-order valence-electron chi connectivity index (χ0n) is 9.85. The summed E-state index contributed by atoms with van der Waals surface area (Å²) >= 11 is 0. The molecule has 0 bridgehead atoms. The summed E-state index contributed by atoms with van der Waals surface area (Å²) in [7, 11) is 0. The summed E-state index contributed by atoms with van der Waals surface area (Å²) in [5.41, 5.74) is 2.48. The molecule has 102 valence electrons. The molecule has 0 spiro atoms. The minimum atomic E-state index is -0.818. The minimum absolute atomic E-state index is 0.000897. The van der Waals surface area contributed by atoms with Gasteiger partial charge in [0, 0.05) is 5.56 Å². The van der Waals surface area contributed by atoms with Crippen molar-refractivity contribution in [3.8, 4) is 5.75 Å². The summed E-state index contributed by atoms with van der Waals surface area (Å²) in [5.74, 6) is -1.87. The molecule has 0 atom stereocenters. The molecule has 0 aliphatic rings. The molecule has 0 saturated carbocycles. The monoisotopic (exact) mass is 276 g/mol. The number of hydrogen-bond donors (Lipinski definition) is 3. The molecule has 3 N–H and O–H groups in total. The largest absolute Gasteiger partial charge is 0.507 e. The van der Waals surface area contributed by atoms with E-state index in [-0.39, 0.29) is 5.75 Å². The number of nitro groups is 1. The third-order valence-corrected chi connectivity index (χ3v) is 2.16. The van der Waals surface area contributed by atoms with Crippen LogP contribution in [0.5, 0.6) is 5.75 Å². The Kier molecular flexibility index (Phi) is 3.65. The van der Waals surface area contributed by atoms with Crippen molar-refractivity contribution in [2.24, 2.45) is 5.10 Å². The zero-order chi connectivity index (χ0) is 14.5. The number of aromatic hydroxyl groups is 1. The molecule has 0 saturated heterocycles. The molecule has 0 unspecified atom stereocenters. The van der Waals surface area contributed by atoms with Crippen LogP contribution in [0, 0.1) is 10.1 Å². The third-order valence-electron chi connectivity index (χ3n) is 2.16. The number of benzene rings is 1. The van der Waals surface area contributed by atoms with Crippen molar-refractivity contribution in [2.75, 3.05) is 0 Å². The molecular weight excluding hydrogens is 268 g/mol. The molecule has 1 aromatic heterocycles. The number of phenolic OH excluding ortho intramolecular Hbond substituents is 1. The van der Waals surface area contributed by atoms with Gasteiger partial charge in [-0.2, -0.15) is 5.10 Å². The van der Waals surface area contributed by atoms with Crippen molar-refractivity contribution < 1.29 is 14.8 Å². The Bertz CT molecular complexity index is 680.